The molecule has 2 N–H and O–H groups in total. The Morgan fingerprint density at radius 1 is 1.20 bits per heavy atom. The van der Waals surface area contributed by atoms with E-state index in [9.17, 15) is 14.4 Å². The molecule has 1 atom stereocenters. The molecule has 0 bridgehead atoms. The first kappa shape index (κ1) is 21.8. The lowest BCUT2D eigenvalue weighted by Crippen LogP contribution is -2.33. The van der Waals surface area contributed by atoms with E-state index in [2.05, 4.69) is 26.6 Å². The molecule has 1 fully saturated rings. The molecule has 1 heterocycles. The van der Waals surface area contributed by atoms with Crippen LogP contribution in [0.5, 0.6) is 5.75 Å². The lowest BCUT2D eigenvalue weighted by atomic mass is 10.1. The van der Waals surface area contributed by atoms with Gasteiger partial charge in [-0.2, -0.15) is 0 Å². The van der Waals surface area contributed by atoms with Crippen LogP contribution in [0, 0.1) is 6.92 Å². The maximum Gasteiger partial charge on any atom is 0.324 e. The van der Waals surface area contributed by atoms with E-state index in [1.165, 1.54) is 4.90 Å². The molecule has 2 aromatic carbocycles. The monoisotopic (exact) mass is 473 g/mol. The van der Waals surface area contributed by atoms with E-state index in [0.717, 1.165) is 27.0 Å². The van der Waals surface area contributed by atoms with Gasteiger partial charge in [-0.15, -0.1) is 0 Å². The summed E-state index contributed by atoms with van der Waals surface area (Å²) in [4.78, 5) is 38.3. The van der Waals surface area contributed by atoms with Gasteiger partial charge >= 0.3 is 6.03 Å². The minimum absolute atomic E-state index is 0.137. The largest absolute Gasteiger partial charge is 0.497 e. The van der Waals surface area contributed by atoms with Crippen molar-refractivity contribution in [3.63, 3.8) is 0 Å². The van der Waals surface area contributed by atoms with Crippen LogP contribution in [-0.4, -0.2) is 42.4 Å². The SMILES string of the molecule is COc1ccc(CCN2C(=O)NC(CCC(=O)Nc3ccc(Br)cc3C)C2=O)cc1. The quantitative estimate of drug-likeness (QED) is 0.572. The molecule has 1 unspecified atom stereocenters. The van der Waals surface area contributed by atoms with E-state index in [1.54, 1.807) is 7.11 Å². The average Bonchev–Trinajstić information content (AvgIpc) is 3.00. The summed E-state index contributed by atoms with van der Waals surface area (Å²) in [5, 5.41) is 5.52. The molecule has 3 rings (SSSR count). The number of hydrogen-bond acceptors (Lipinski definition) is 4. The highest BCUT2D eigenvalue weighted by Crippen LogP contribution is 2.21. The summed E-state index contributed by atoms with van der Waals surface area (Å²) in [6.45, 7) is 2.19. The standard InChI is InChI=1S/C22H24BrN3O4/c1-14-13-16(23)5-8-18(14)24-20(27)10-9-19-21(28)26(22(29)25-19)12-11-15-3-6-17(30-2)7-4-15/h3-8,13,19H,9-12H2,1-2H3,(H,24,27)(H,25,29). The first-order valence-electron chi connectivity index (χ1n) is 9.68. The fourth-order valence-corrected chi connectivity index (χ4v) is 3.75. The number of hydrogen-bond donors (Lipinski definition) is 2. The summed E-state index contributed by atoms with van der Waals surface area (Å²) in [6, 6.07) is 12.0. The van der Waals surface area contributed by atoms with Crippen LogP contribution in [-0.2, 0) is 16.0 Å². The maximum absolute atomic E-state index is 12.6. The average molecular weight is 474 g/mol. The zero-order valence-corrected chi connectivity index (χ0v) is 18.5. The number of anilines is 1. The second-order valence-corrected chi connectivity index (χ2v) is 8.05. The van der Waals surface area contributed by atoms with Gasteiger partial charge in [0.25, 0.3) is 5.91 Å². The van der Waals surface area contributed by atoms with Crippen molar-refractivity contribution < 1.29 is 19.1 Å². The van der Waals surface area contributed by atoms with Crippen LogP contribution < -0.4 is 15.4 Å². The Morgan fingerprint density at radius 3 is 2.60 bits per heavy atom. The second kappa shape index (κ2) is 9.75. The molecule has 1 aliphatic rings. The lowest BCUT2D eigenvalue weighted by molar-refractivity contribution is -0.127. The fourth-order valence-electron chi connectivity index (χ4n) is 3.27. The minimum atomic E-state index is -0.676. The molecule has 0 saturated carbocycles. The summed E-state index contributed by atoms with van der Waals surface area (Å²) in [7, 11) is 1.60. The van der Waals surface area contributed by atoms with Crippen LogP contribution in [0.15, 0.2) is 46.9 Å². The molecule has 1 saturated heterocycles. The molecular formula is C22H24BrN3O4. The number of carbonyl (C=O) groups excluding carboxylic acids is 3. The Kier molecular flexibility index (Phi) is 7.10. The van der Waals surface area contributed by atoms with Gasteiger partial charge < -0.3 is 15.4 Å². The highest BCUT2D eigenvalue weighted by Gasteiger charge is 2.37. The highest BCUT2D eigenvalue weighted by atomic mass is 79.9. The first-order chi connectivity index (χ1) is 14.4. The Labute approximate surface area is 183 Å². The Morgan fingerprint density at radius 2 is 1.93 bits per heavy atom. The number of carbonyl (C=O) groups is 3. The third-order valence-electron chi connectivity index (χ3n) is 5.01. The highest BCUT2D eigenvalue weighted by molar-refractivity contribution is 9.10. The van der Waals surface area contributed by atoms with Crippen LogP contribution in [0.3, 0.4) is 0 Å². The van der Waals surface area contributed by atoms with Crippen molar-refractivity contribution in [1.82, 2.24) is 10.2 Å². The number of nitrogens with one attached hydrogen (secondary N) is 2. The third-order valence-corrected chi connectivity index (χ3v) is 5.51. The molecule has 30 heavy (non-hydrogen) atoms. The number of imide groups is 1. The zero-order valence-electron chi connectivity index (χ0n) is 16.9. The Balaban J connectivity index is 1.49. The second-order valence-electron chi connectivity index (χ2n) is 7.14. The van der Waals surface area contributed by atoms with Crippen molar-refractivity contribution in [2.75, 3.05) is 19.0 Å². The van der Waals surface area contributed by atoms with Crippen molar-refractivity contribution in [1.29, 1.82) is 0 Å². The van der Waals surface area contributed by atoms with Crippen LogP contribution in [0.2, 0.25) is 0 Å². The summed E-state index contributed by atoms with van der Waals surface area (Å²) in [5.74, 6) is 0.269. The number of aryl methyl sites for hydroxylation is 1. The molecule has 158 valence electrons. The number of urea groups is 1. The summed E-state index contributed by atoms with van der Waals surface area (Å²) < 4.78 is 6.06. The van der Waals surface area contributed by atoms with Gasteiger partial charge in [-0.05, 0) is 61.2 Å². The first-order valence-corrected chi connectivity index (χ1v) is 10.5. The van der Waals surface area contributed by atoms with Crippen molar-refractivity contribution in [2.24, 2.45) is 0 Å². The molecule has 0 spiro atoms. The van der Waals surface area contributed by atoms with Gasteiger partial charge in [-0.3, -0.25) is 14.5 Å². The van der Waals surface area contributed by atoms with Crippen molar-refractivity contribution in [3.8, 4) is 5.75 Å². The van der Waals surface area contributed by atoms with Crippen molar-refractivity contribution in [3.05, 3.63) is 58.1 Å². The minimum Gasteiger partial charge on any atom is -0.497 e. The fraction of sp³-hybridized carbons (Fsp3) is 0.318. The number of rotatable bonds is 8. The maximum atomic E-state index is 12.6. The molecule has 7 nitrogen and oxygen atoms in total. The predicted octanol–water partition coefficient (Wildman–Crippen LogP) is 3.65. The van der Waals surface area contributed by atoms with Gasteiger partial charge in [0.05, 0.1) is 7.11 Å². The number of benzene rings is 2. The van der Waals surface area contributed by atoms with Gasteiger partial charge in [-0.1, -0.05) is 28.1 Å². The molecular weight excluding hydrogens is 450 g/mol. The van der Waals surface area contributed by atoms with E-state index in [0.29, 0.717) is 6.42 Å². The van der Waals surface area contributed by atoms with Gasteiger partial charge in [-0.25, -0.2) is 4.79 Å². The van der Waals surface area contributed by atoms with E-state index < -0.39 is 12.1 Å². The number of halogens is 1. The van der Waals surface area contributed by atoms with Crippen LogP contribution in [0.1, 0.15) is 24.0 Å². The summed E-state index contributed by atoms with van der Waals surface area (Å²) >= 11 is 3.39. The topological polar surface area (TPSA) is 87.7 Å². The zero-order chi connectivity index (χ0) is 21.7. The number of nitrogens with zero attached hydrogens (tertiary/aromatic N) is 1. The van der Waals surface area contributed by atoms with E-state index >= 15 is 0 Å². The normalized spacial score (nSPS) is 15.8. The van der Waals surface area contributed by atoms with Gasteiger partial charge in [0.2, 0.25) is 5.91 Å². The smallest absolute Gasteiger partial charge is 0.324 e. The van der Waals surface area contributed by atoms with Gasteiger partial charge in [0, 0.05) is 23.1 Å². The molecule has 8 heteroatoms. The van der Waals surface area contributed by atoms with Crippen LogP contribution in [0.25, 0.3) is 0 Å². The van der Waals surface area contributed by atoms with E-state index in [1.807, 2.05) is 49.4 Å². The molecule has 0 aromatic heterocycles. The Bertz CT molecular complexity index is 946. The number of ether oxygens (including phenoxy) is 1. The van der Waals surface area contributed by atoms with Crippen LogP contribution >= 0.6 is 15.9 Å². The van der Waals surface area contributed by atoms with Gasteiger partial charge in [0.15, 0.2) is 0 Å². The summed E-state index contributed by atoms with van der Waals surface area (Å²) in [6.07, 6.45) is 0.947. The van der Waals surface area contributed by atoms with Crippen molar-refractivity contribution >= 4 is 39.5 Å². The number of amides is 4. The van der Waals surface area contributed by atoms with Gasteiger partial charge in [0.1, 0.15) is 11.8 Å². The van der Waals surface area contributed by atoms with Crippen molar-refractivity contribution in [2.45, 2.75) is 32.2 Å². The predicted molar refractivity (Wildman–Crippen MR) is 117 cm³/mol. The molecule has 1 aliphatic heterocycles. The lowest BCUT2D eigenvalue weighted by Gasteiger charge is -2.13. The van der Waals surface area contributed by atoms with E-state index in [-0.39, 0.29) is 31.2 Å². The molecule has 2 aromatic rings. The molecule has 0 radical (unpaired) electrons. The third kappa shape index (κ3) is 5.38. The van der Waals surface area contributed by atoms with E-state index in [4.69, 9.17) is 4.74 Å². The number of methoxy groups -OCH3 is 1. The summed E-state index contributed by atoms with van der Waals surface area (Å²) in [5.41, 5.74) is 2.67. The Hall–Kier alpha value is -2.87. The van der Waals surface area contributed by atoms with Crippen LogP contribution in [0.4, 0.5) is 10.5 Å². The molecule has 0 aliphatic carbocycles. The molecule has 4 amide bonds.